The van der Waals surface area contributed by atoms with Crippen LogP contribution in [0.5, 0.6) is 0 Å². The molecule has 1 saturated heterocycles. The third kappa shape index (κ3) is 3.76. The van der Waals surface area contributed by atoms with Crippen molar-refractivity contribution >= 4 is 9.84 Å². The Bertz CT molecular complexity index is 1270. The number of benzene rings is 2. The van der Waals surface area contributed by atoms with E-state index in [9.17, 15) is 18.0 Å². The van der Waals surface area contributed by atoms with Crippen LogP contribution in [-0.4, -0.2) is 30.3 Å². The third-order valence-electron chi connectivity index (χ3n) is 5.18. The zero-order valence-electron chi connectivity index (χ0n) is 16.5. The molecule has 0 bridgehead atoms. The highest BCUT2D eigenvalue weighted by molar-refractivity contribution is 7.91. The van der Waals surface area contributed by atoms with E-state index in [0.29, 0.717) is 12.3 Å². The highest BCUT2D eigenvalue weighted by Crippen LogP contribution is 2.19. The predicted octanol–water partition coefficient (Wildman–Crippen LogP) is 2.32. The van der Waals surface area contributed by atoms with Crippen LogP contribution >= 0.6 is 0 Å². The molecular formula is C22H22N2O5S. The zero-order chi connectivity index (χ0) is 21.3. The van der Waals surface area contributed by atoms with Crippen LogP contribution in [0.15, 0.2) is 80.2 Å². The van der Waals surface area contributed by atoms with Gasteiger partial charge in [0.05, 0.1) is 23.2 Å². The van der Waals surface area contributed by atoms with Crippen molar-refractivity contribution in [1.29, 1.82) is 0 Å². The monoisotopic (exact) mass is 426 g/mol. The van der Waals surface area contributed by atoms with Gasteiger partial charge >= 0.3 is 5.69 Å². The lowest BCUT2D eigenvalue weighted by Crippen LogP contribution is -2.42. The molecule has 2 aromatic carbocycles. The Labute approximate surface area is 174 Å². The second-order valence-corrected chi connectivity index (χ2v) is 9.27. The molecular weight excluding hydrogens is 404 g/mol. The number of sulfone groups is 1. The Balaban J connectivity index is 1.94. The minimum absolute atomic E-state index is 0.00660. The van der Waals surface area contributed by atoms with Gasteiger partial charge in [-0.3, -0.25) is 9.36 Å². The van der Waals surface area contributed by atoms with Crippen molar-refractivity contribution in [1.82, 2.24) is 9.13 Å². The van der Waals surface area contributed by atoms with E-state index < -0.39 is 26.0 Å². The molecule has 0 radical (unpaired) electrons. The van der Waals surface area contributed by atoms with Crippen LogP contribution in [0.25, 0.3) is 5.69 Å². The van der Waals surface area contributed by atoms with Gasteiger partial charge in [0.25, 0.3) is 5.56 Å². The van der Waals surface area contributed by atoms with Gasteiger partial charge in [-0.15, -0.1) is 0 Å². The molecule has 0 saturated carbocycles. The number of para-hydroxylation sites is 1. The van der Waals surface area contributed by atoms with Crippen molar-refractivity contribution in [3.05, 3.63) is 87.2 Å². The summed E-state index contributed by atoms with van der Waals surface area (Å²) in [6.07, 6.45) is 2.61. The van der Waals surface area contributed by atoms with Crippen LogP contribution in [0.4, 0.5) is 0 Å². The molecule has 0 aliphatic carbocycles. The number of aromatic nitrogens is 2. The third-order valence-corrected chi connectivity index (χ3v) is 6.94. The quantitative estimate of drug-likeness (QED) is 0.625. The molecule has 3 aromatic rings. The summed E-state index contributed by atoms with van der Waals surface area (Å²) in [4.78, 5) is 25.9. The minimum Gasteiger partial charge on any atom is -0.376 e. The lowest BCUT2D eigenvalue weighted by molar-refractivity contribution is 0.0953. The first-order valence-corrected chi connectivity index (χ1v) is 11.2. The van der Waals surface area contributed by atoms with Crippen LogP contribution in [0.3, 0.4) is 0 Å². The molecule has 1 fully saturated rings. The van der Waals surface area contributed by atoms with Gasteiger partial charge in [-0.25, -0.2) is 17.8 Å². The Morgan fingerprint density at radius 2 is 1.73 bits per heavy atom. The normalized spacial score (nSPS) is 16.6. The summed E-state index contributed by atoms with van der Waals surface area (Å²) < 4.78 is 34.4. The first-order valence-electron chi connectivity index (χ1n) is 9.73. The SMILES string of the molecule is Cc1ccc(S(=O)(=O)c2cn(C[C@H]3CCCO3)c(=O)n(-c3ccccc3)c2=O)cc1. The number of hydrogen-bond donors (Lipinski definition) is 0. The molecule has 1 aliphatic rings. The second kappa shape index (κ2) is 8.04. The Kier molecular flexibility index (Phi) is 5.44. The van der Waals surface area contributed by atoms with Crippen LogP contribution < -0.4 is 11.2 Å². The second-order valence-electron chi connectivity index (χ2n) is 7.36. The maximum atomic E-state index is 13.3. The van der Waals surface area contributed by atoms with Crippen molar-refractivity contribution in [2.75, 3.05) is 6.61 Å². The van der Waals surface area contributed by atoms with Gasteiger partial charge in [0, 0.05) is 12.8 Å². The minimum atomic E-state index is -4.12. The topological polar surface area (TPSA) is 87.4 Å². The fraction of sp³-hybridized carbons (Fsp3) is 0.273. The Morgan fingerprint density at radius 3 is 2.37 bits per heavy atom. The van der Waals surface area contributed by atoms with E-state index in [1.54, 1.807) is 42.5 Å². The molecule has 1 atom stereocenters. The van der Waals surface area contributed by atoms with E-state index in [-0.39, 0.29) is 17.5 Å². The lowest BCUT2D eigenvalue weighted by atomic mass is 10.2. The summed E-state index contributed by atoms with van der Waals surface area (Å²) in [7, 11) is -4.12. The summed E-state index contributed by atoms with van der Waals surface area (Å²) in [5, 5.41) is 0. The number of rotatable bonds is 5. The molecule has 8 heteroatoms. The van der Waals surface area contributed by atoms with Gasteiger partial charge in [0.2, 0.25) is 9.84 Å². The van der Waals surface area contributed by atoms with Gasteiger partial charge < -0.3 is 4.74 Å². The van der Waals surface area contributed by atoms with Crippen molar-refractivity contribution in [3.8, 4) is 5.69 Å². The molecule has 2 heterocycles. The van der Waals surface area contributed by atoms with E-state index in [0.717, 1.165) is 29.2 Å². The number of aryl methyl sites for hydroxylation is 1. The largest absolute Gasteiger partial charge is 0.376 e. The van der Waals surface area contributed by atoms with Gasteiger partial charge in [-0.05, 0) is 44.0 Å². The summed E-state index contributed by atoms with van der Waals surface area (Å²) in [5.41, 5.74) is -0.242. The fourth-order valence-electron chi connectivity index (χ4n) is 3.55. The fourth-order valence-corrected chi connectivity index (χ4v) is 4.88. The molecule has 4 rings (SSSR count). The van der Waals surface area contributed by atoms with Crippen LogP contribution in [0.2, 0.25) is 0 Å². The summed E-state index contributed by atoms with van der Waals surface area (Å²) in [6, 6.07) is 14.6. The maximum Gasteiger partial charge on any atom is 0.335 e. The van der Waals surface area contributed by atoms with Crippen molar-refractivity contribution in [2.45, 2.75) is 42.2 Å². The molecule has 7 nitrogen and oxygen atoms in total. The van der Waals surface area contributed by atoms with E-state index in [1.807, 2.05) is 6.92 Å². The molecule has 0 N–H and O–H groups in total. The Hall–Kier alpha value is -2.97. The maximum absolute atomic E-state index is 13.3. The Morgan fingerprint density at radius 1 is 1.03 bits per heavy atom. The zero-order valence-corrected chi connectivity index (χ0v) is 17.3. The van der Waals surface area contributed by atoms with Crippen molar-refractivity contribution < 1.29 is 13.2 Å². The molecule has 0 spiro atoms. The van der Waals surface area contributed by atoms with Gasteiger partial charge in [-0.1, -0.05) is 35.9 Å². The predicted molar refractivity (Wildman–Crippen MR) is 112 cm³/mol. The van der Waals surface area contributed by atoms with E-state index in [2.05, 4.69) is 0 Å². The molecule has 30 heavy (non-hydrogen) atoms. The molecule has 0 unspecified atom stereocenters. The average molecular weight is 426 g/mol. The first kappa shape index (κ1) is 20.3. The molecule has 1 aromatic heterocycles. The highest BCUT2D eigenvalue weighted by Gasteiger charge is 2.27. The van der Waals surface area contributed by atoms with Crippen LogP contribution in [0.1, 0.15) is 18.4 Å². The van der Waals surface area contributed by atoms with Crippen molar-refractivity contribution in [2.24, 2.45) is 0 Å². The van der Waals surface area contributed by atoms with Gasteiger partial charge in [0.15, 0.2) is 4.90 Å². The highest BCUT2D eigenvalue weighted by atomic mass is 32.2. The first-order chi connectivity index (χ1) is 14.4. The summed E-state index contributed by atoms with van der Waals surface area (Å²) in [6.45, 7) is 2.63. The van der Waals surface area contributed by atoms with Gasteiger partial charge in [-0.2, -0.15) is 0 Å². The molecule has 156 valence electrons. The number of nitrogens with zero attached hydrogens (tertiary/aromatic N) is 2. The molecule has 0 amide bonds. The standard InChI is InChI=1S/C22H22N2O5S/c1-16-9-11-19(12-10-16)30(27,28)20-15-23(14-18-8-5-13-29-18)22(26)24(21(20)25)17-6-3-2-4-7-17/h2-4,6-7,9-12,15,18H,5,8,13-14H2,1H3/t18-/m1/s1. The van der Waals surface area contributed by atoms with Crippen LogP contribution in [-0.2, 0) is 21.1 Å². The lowest BCUT2D eigenvalue weighted by Gasteiger charge is -2.16. The van der Waals surface area contributed by atoms with Crippen molar-refractivity contribution in [3.63, 3.8) is 0 Å². The average Bonchev–Trinajstić information content (AvgIpc) is 3.24. The smallest absolute Gasteiger partial charge is 0.335 e. The number of hydrogen-bond acceptors (Lipinski definition) is 5. The summed E-state index contributed by atoms with van der Waals surface area (Å²) in [5.74, 6) is 0. The van der Waals surface area contributed by atoms with E-state index in [4.69, 9.17) is 4.74 Å². The molecule has 1 aliphatic heterocycles. The van der Waals surface area contributed by atoms with E-state index >= 15 is 0 Å². The number of ether oxygens (including phenoxy) is 1. The van der Waals surface area contributed by atoms with E-state index in [1.165, 1.54) is 16.7 Å². The van der Waals surface area contributed by atoms with Gasteiger partial charge in [0.1, 0.15) is 0 Å². The van der Waals surface area contributed by atoms with Crippen LogP contribution in [0, 0.1) is 6.92 Å². The summed E-state index contributed by atoms with van der Waals surface area (Å²) >= 11 is 0.